The molecular formula is C11H17ClN2O2. The van der Waals surface area contributed by atoms with Crippen molar-refractivity contribution in [2.45, 2.75) is 12.3 Å². The molecule has 0 aliphatic carbocycles. The first kappa shape index (κ1) is 13.1. The molecule has 0 unspecified atom stereocenters. The zero-order valence-electron chi connectivity index (χ0n) is 9.62. The highest BCUT2D eigenvalue weighted by Crippen LogP contribution is 2.09. The van der Waals surface area contributed by atoms with Gasteiger partial charge >= 0.3 is 0 Å². The van der Waals surface area contributed by atoms with E-state index in [0.29, 0.717) is 18.1 Å². The molecule has 1 aromatic heterocycles. The van der Waals surface area contributed by atoms with E-state index in [4.69, 9.17) is 16.0 Å². The minimum Gasteiger partial charge on any atom is -0.455 e. The third-order valence-electron chi connectivity index (χ3n) is 2.08. The molecule has 1 aromatic rings. The van der Waals surface area contributed by atoms with Crippen LogP contribution in [0.15, 0.2) is 16.5 Å². The molecule has 1 amide bonds. The van der Waals surface area contributed by atoms with E-state index in [1.807, 2.05) is 14.1 Å². The third kappa shape index (κ3) is 4.24. The van der Waals surface area contributed by atoms with Crippen molar-refractivity contribution in [1.29, 1.82) is 0 Å². The number of alkyl halides is 1. The van der Waals surface area contributed by atoms with Crippen LogP contribution in [0.1, 0.15) is 22.7 Å². The van der Waals surface area contributed by atoms with E-state index in [1.54, 1.807) is 12.1 Å². The molecule has 5 heteroatoms. The smallest absolute Gasteiger partial charge is 0.286 e. The average molecular weight is 245 g/mol. The van der Waals surface area contributed by atoms with Crippen molar-refractivity contribution in [1.82, 2.24) is 10.2 Å². The average Bonchev–Trinajstić information content (AvgIpc) is 2.72. The van der Waals surface area contributed by atoms with Crippen molar-refractivity contribution in [3.05, 3.63) is 23.7 Å². The maximum absolute atomic E-state index is 11.6. The van der Waals surface area contributed by atoms with Crippen LogP contribution in [-0.4, -0.2) is 38.0 Å². The minimum atomic E-state index is -0.185. The summed E-state index contributed by atoms with van der Waals surface area (Å²) in [5.41, 5.74) is 0. The minimum absolute atomic E-state index is 0.185. The first-order chi connectivity index (χ1) is 7.63. The van der Waals surface area contributed by atoms with Gasteiger partial charge in [-0.15, -0.1) is 11.6 Å². The van der Waals surface area contributed by atoms with Gasteiger partial charge in [-0.3, -0.25) is 4.79 Å². The van der Waals surface area contributed by atoms with Gasteiger partial charge in [0, 0.05) is 6.54 Å². The molecule has 0 saturated heterocycles. The van der Waals surface area contributed by atoms with Gasteiger partial charge in [0.2, 0.25) is 0 Å². The SMILES string of the molecule is CN(C)CCCNC(=O)c1ccc(CCl)o1. The summed E-state index contributed by atoms with van der Waals surface area (Å²) in [6.45, 7) is 1.60. The summed E-state index contributed by atoms with van der Waals surface area (Å²) in [5, 5.41) is 2.79. The number of nitrogens with zero attached hydrogens (tertiary/aromatic N) is 1. The fraction of sp³-hybridized carbons (Fsp3) is 0.545. The second kappa shape index (κ2) is 6.55. The van der Waals surface area contributed by atoms with Gasteiger partial charge in [-0.25, -0.2) is 0 Å². The number of carbonyl (C=O) groups is 1. The Morgan fingerprint density at radius 3 is 2.81 bits per heavy atom. The first-order valence-corrected chi connectivity index (χ1v) is 5.74. The molecule has 1 heterocycles. The molecule has 0 saturated carbocycles. The molecule has 16 heavy (non-hydrogen) atoms. The van der Waals surface area contributed by atoms with Crippen molar-refractivity contribution in [3.8, 4) is 0 Å². The molecule has 0 spiro atoms. The molecule has 1 N–H and O–H groups in total. The van der Waals surface area contributed by atoms with Crippen LogP contribution in [0.5, 0.6) is 0 Å². The lowest BCUT2D eigenvalue weighted by Crippen LogP contribution is -2.26. The summed E-state index contributed by atoms with van der Waals surface area (Å²) in [7, 11) is 4.00. The number of furan rings is 1. The van der Waals surface area contributed by atoms with Gasteiger partial charge in [-0.2, -0.15) is 0 Å². The van der Waals surface area contributed by atoms with Crippen LogP contribution >= 0.6 is 11.6 Å². The predicted octanol–water partition coefficient (Wildman–Crippen LogP) is 1.70. The summed E-state index contributed by atoms with van der Waals surface area (Å²) in [6, 6.07) is 3.35. The molecule has 0 aliphatic heterocycles. The number of halogens is 1. The van der Waals surface area contributed by atoms with E-state index in [1.165, 1.54) is 0 Å². The van der Waals surface area contributed by atoms with Crippen molar-refractivity contribution in [2.24, 2.45) is 0 Å². The van der Waals surface area contributed by atoms with Gasteiger partial charge < -0.3 is 14.6 Å². The number of hydrogen-bond donors (Lipinski definition) is 1. The molecule has 4 nitrogen and oxygen atoms in total. The molecule has 0 aromatic carbocycles. The highest BCUT2D eigenvalue weighted by Gasteiger charge is 2.09. The van der Waals surface area contributed by atoms with Crippen LogP contribution in [0, 0.1) is 0 Å². The Kier molecular flexibility index (Phi) is 5.35. The van der Waals surface area contributed by atoms with Gasteiger partial charge in [-0.1, -0.05) is 0 Å². The fourth-order valence-electron chi connectivity index (χ4n) is 1.26. The van der Waals surface area contributed by atoms with Gasteiger partial charge in [-0.05, 0) is 39.2 Å². The fourth-order valence-corrected chi connectivity index (χ4v) is 1.40. The quantitative estimate of drug-likeness (QED) is 0.612. The molecular weight excluding hydrogens is 228 g/mol. The molecule has 0 fully saturated rings. The molecule has 0 bridgehead atoms. The van der Waals surface area contributed by atoms with E-state index in [-0.39, 0.29) is 11.8 Å². The van der Waals surface area contributed by atoms with Crippen molar-refractivity contribution in [3.63, 3.8) is 0 Å². The highest BCUT2D eigenvalue weighted by atomic mass is 35.5. The number of carbonyl (C=O) groups excluding carboxylic acids is 1. The Bertz CT molecular complexity index is 336. The Morgan fingerprint density at radius 1 is 1.50 bits per heavy atom. The maximum atomic E-state index is 11.6. The number of nitrogens with one attached hydrogen (secondary N) is 1. The zero-order valence-corrected chi connectivity index (χ0v) is 10.4. The molecule has 0 aliphatic rings. The lowest BCUT2D eigenvalue weighted by atomic mass is 10.3. The number of rotatable bonds is 6. The summed E-state index contributed by atoms with van der Waals surface area (Å²) >= 11 is 5.58. The van der Waals surface area contributed by atoms with Gasteiger partial charge in [0.25, 0.3) is 5.91 Å². The summed E-state index contributed by atoms with van der Waals surface area (Å²) in [6.07, 6.45) is 0.918. The van der Waals surface area contributed by atoms with Gasteiger partial charge in [0.1, 0.15) is 5.76 Å². The normalized spacial score (nSPS) is 10.8. The Hall–Kier alpha value is -1.00. The second-order valence-corrected chi connectivity index (χ2v) is 4.08. The van der Waals surface area contributed by atoms with Gasteiger partial charge in [0.05, 0.1) is 5.88 Å². The van der Waals surface area contributed by atoms with Crippen molar-refractivity contribution in [2.75, 3.05) is 27.2 Å². The second-order valence-electron chi connectivity index (χ2n) is 3.81. The zero-order chi connectivity index (χ0) is 12.0. The van der Waals surface area contributed by atoms with E-state index < -0.39 is 0 Å². The van der Waals surface area contributed by atoms with E-state index >= 15 is 0 Å². The van der Waals surface area contributed by atoms with Gasteiger partial charge in [0.15, 0.2) is 5.76 Å². The van der Waals surface area contributed by atoms with Crippen LogP contribution in [0.25, 0.3) is 0 Å². The van der Waals surface area contributed by atoms with Crippen LogP contribution in [0.4, 0.5) is 0 Å². The van der Waals surface area contributed by atoms with E-state index in [9.17, 15) is 4.79 Å². The topological polar surface area (TPSA) is 45.5 Å². The Labute approximate surface area is 101 Å². The maximum Gasteiger partial charge on any atom is 0.286 e. The Balaban J connectivity index is 2.29. The first-order valence-electron chi connectivity index (χ1n) is 5.21. The lowest BCUT2D eigenvalue weighted by Gasteiger charge is -2.09. The highest BCUT2D eigenvalue weighted by molar-refractivity contribution is 6.16. The van der Waals surface area contributed by atoms with Crippen molar-refractivity contribution < 1.29 is 9.21 Å². The molecule has 1 rings (SSSR count). The van der Waals surface area contributed by atoms with Crippen LogP contribution in [0.3, 0.4) is 0 Å². The molecule has 90 valence electrons. The Morgan fingerprint density at radius 2 is 2.25 bits per heavy atom. The number of amides is 1. The lowest BCUT2D eigenvalue weighted by molar-refractivity contribution is 0.0923. The van der Waals surface area contributed by atoms with Crippen LogP contribution < -0.4 is 5.32 Å². The summed E-state index contributed by atoms with van der Waals surface area (Å²) < 4.78 is 5.22. The van der Waals surface area contributed by atoms with E-state index in [2.05, 4.69) is 10.2 Å². The van der Waals surface area contributed by atoms with Crippen LogP contribution in [-0.2, 0) is 5.88 Å². The largest absolute Gasteiger partial charge is 0.455 e. The summed E-state index contributed by atoms with van der Waals surface area (Å²) in [5.74, 6) is 1.03. The summed E-state index contributed by atoms with van der Waals surface area (Å²) in [4.78, 5) is 13.6. The van der Waals surface area contributed by atoms with Crippen molar-refractivity contribution >= 4 is 17.5 Å². The standard InChI is InChI=1S/C11H17ClN2O2/c1-14(2)7-3-6-13-11(15)10-5-4-9(8-12)16-10/h4-5H,3,6-8H2,1-2H3,(H,13,15). The predicted molar refractivity (Wildman–Crippen MR) is 63.8 cm³/mol. The number of hydrogen-bond acceptors (Lipinski definition) is 3. The molecule has 0 radical (unpaired) electrons. The van der Waals surface area contributed by atoms with Crippen LogP contribution in [0.2, 0.25) is 0 Å². The monoisotopic (exact) mass is 244 g/mol. The van der Waals surface area contributed by atoms with E-state index in [0.717, 1.165) is 13.0 Å². The molecule has 0 atom stereocenters. The third-order valence-corrected chi connectivity index (χ3v) is 2.35.